The molecule has 4 nitrogen and oxygen atoms in total. The van der Waals surface area contributed by atoms with Gasteiger partial charge in [0.25, 0.3) is 0 Å². The molecule has 0 aliphatic rings. The number of carboxylic acid groups (broad SMARTS) is 2. The summed E-state index contributed by atoms with van der Waals surface area (Å²) >= 11 is 0. The number of rotatable bonds is 15. The van der Waals surface area contributed by atoms with Crippen LogP contribution in [0.25, 0.3) is 0 Å². The maximum absolute atomic E-state index is 10.6. The van der Waals surface area contributed by atoms with Crippen LogP contribution in [0.1, 0.15) is 90.9 Å². The molecule has 0 bridgehead atoms. The molecular formula is C20H34O4. The Labute approximate surface area is 146 Å². The lowest BCUT2D eigenvalue weighted by molar-refractivity contribution is -0.133. The van der Waals surface area contributed by atoms with Crippen molar-refractivity contribution in [1.82, 2.24) is 0 Å². The van der Waals surface area contributed by atoms with E-state index >= 15 is 0 Å². The van der Waals surface area contributed by atoms with E-state index in [1.54, 1.807) is 13.8 Å². The van der Waals surface area contributed by atoms with Crippen molar-refractivity contribution >= 4 is 11.9 Å². The van der Waals surface area contributed by atoms with Gasteiger partial charge in [-0.05, 0) is 39.5 Å². The third-order valence-corrected chi connectivity index (χ3v) is 4.23. The van der Waals surface area contributed by atoms with E-state index in [2.05, 4.69) is 0 Å². The molecule has 0 heterocycles. The van der Waals surface area contributed by atoms with Gasteiger partial charge < -0.3 is 10.2 Å². The Bertz CT molecular complexity index is 381. The van der Waals surface area contributed by atoms with Crippen molar-refractivity contribution in [2.75, 3.05) is 0 Å². The van der Waals surface area contributed by atoms with Crippen LogP contribution in [0.2, 0.25) is 0 Å². The Balaban J connectivity index is 3.29. The highest BCUT2D eigenvalue weighted by Crippen LogP contribution is 2.13. The van der Waals surface area contributed by atoms with Crippen LogP contribution in [0.5, 0.6) is 0 Å². The van der Waals surface area contributed by atoms with Crippen LogP contribution in [0.4, 0.5) is 0 Å². The van der Waals surface area contributed by atoms with Gasteiger partial charge in [0, 0.05) is 11.1 Å². The lowest BCUT2D eigenvalue weighted by atomic mass is 10.0. The van der Waals surface area contributed by atoms with Gasteiger partial charge in [0.2, 0.25) is 0 Å². The van der Waals surface area contributed by atoms with Gasteiger partial charge >= 0.3 is 11.9 Å². The molecular weight excluding hydrogens is 304 g/mol. The Morgan fingerprint density at radius 1 is 0.583 bits per heavy atom. The lowest BCUT2D eigenvalue weighted by Gasteiger charge is -2.02. The van der Waals surface area contributed by atoms with Gasteiger partial charge in [0.05, 0.1) is 0 Å². The van der Waals surface area contributed by atoms with Gasteiger partial charge in [-0.3, -0.25) is 0 Å². The second-order valence-corrected chi connectivity index (χ2v) is 6.50. The summed E-state index contributed by atoms with van der Waals surface area (Å²) in [4.78, 5) is 21.2. The SMILES string of the molecule is CC(=CCCCCCCCCCCCCC=C(C)C(=O)O)C(=O)O. The minimum absolute atomic E-state index is 0.448. The third kappa shape index (κ3) is 14.0. The molecule has 0 fully saturated rings. The monoisotopic (exact) mass is 338 g/mol. The number of hydrogen-bond donors (Lipinski definition) is 2. The zero-order chi connectivity index (χ0) is 18.2. The van der Waals surface area contributed by atoms with E-state index < -0.39 is 11.9 Å². The number of carbonyl (C=O) groups is 2. The van der Waals surface area contributed by atoms with Gasteiger partial charge in [-0.25, -0.2) is 9.59 Å². The number of hydrogen-bond acceptors (Lipinski definition) is 2. The first kappa shape index (κ1) is 22.4. The molecule has 4 heteroatoms. The summed E-state index contributed by atoms with van der Waals surface area (Å²) in [6, 6.07) is 0. The summed E-state index contributed by atoms with van der Waals surface area (Å²) in [6.07, 6.45) is 17.4. The molecule has 0 unspecified atom stereocenters. The summed E-state index contributed by atoms with van der Waals surface area (Å²) in [7, 11) is 0. The normalized spacial score (nSPS) is 12.4. The van der Waals surface area contributed by atoms with Crippen molar-refractivity contribution in [3.05, 3.63) is 23.3 Å². The molecule has 0 rings (SSSR count). The zero-order valence-electron chi connectivity index (χ0n) is 15.4. The minimum atomic E-state index is -0.817. The molecule has 0 aliphatic heterocycles. The van der Waals surface area contributed by atoms with Crippen molar-refractivity contribution < 1.29 is 19.8 Å². The smallest absolute Gasteiger partial charge is 0.330 e. The first-order chi connectivity index (χ1) is 11.4. The van der Waals surface area contributed by atoms with E-state index in [0.29, 0.717) is 11.1 Å². The van der Waals surface area contributed by atoms with Crippen molar-refractivity contribution in [3.63, 3.8) is 0 Å². The summed E-state index contributed by atoms with van der Waals surface area (Å²) < 4.78 is 0. The second-order valence-electron chi connectivity index (χ2n) is 6.50. The summed E-state index contributed by atoms with van der Waals surface area (Å²) in [5.41, 5.74) is 0.896. The van der Waals surface area contributed by atoms with Gasteiger partial charge in [-0.15, -0.1) is 0 Å². The van der Waals surface area contributed by atoms with Crippen molar-refractivity contribution in [1.29, 1.82) is 0 Å². The Morgan fingerprint density at radius 2 is 0.833 bits per heavy atom. The highest BCUT2D eigenvalue weighted by molar-refractivity contribution is 5.86. The minimum Gasteiger partial charge on any atom is -0.478 e. The number of unbranched alkanes of at least 4 members (excludes halogenated alkanes) is 11. The first-order valence-electron chi connectivity index (χ1n) is 9.25. The average Bonchev–Trinajstić information content (AvgIpc) is 2.54. The molecule has 0 aromatic carbocycles. The standard InChI is InChI=1S/C20H34O4/c1-17(19(21)22)15-13-11-9-7-5-3-4-6-8-10-12-14-16-18(2)20(23)24/h15-16H,3-14H2,1-2H3,(H,21,22)(H,23,24). The molecule has 0 aromatic heterocycles. The van der Waals surface area contributed by atoms with Crippen LogP contribution in [-0.4, -0.2) is 22.2 Å². The van der Waals surface area contributed by atoms with E-state index in [1.165, 1.54) is 51.4 Å². The predicted octanol–water partition coefficient (Wildman–Crippen LogP) is 5.73. The van der Waals surface area contributed by atoms with Crippen molar-refractivity contribution in [3.8, 4) is 0 Å². The third-order valence-electron chi connectivity index (χ3n) is 4.23. The number of carboxylic acids is 2. The van der Waals surface area contributed by atoms with Gasteiger partial charge in [0.15, 0.2) is 0 Å². The zero-order valence-corrected chi connectivity index (χ0v) is 15.4. The van der Waals surface area contributed by atoms with Gasteiger partial charge in [-0.2, -0.15) is 0 Å². The van der Waals surface area contributed by atoms with Crippen molar-refractivity contribution in [2.45, 2.75) is 90.9 Å². The highest BCUT2D eigenvalue weighted by Gasteiger charge is 1.99. The average molecular weight is 338 g/mol. The van der Waals surface area contributed by atoms with Crippen LogP contribution >= 0.6 is 0 Å². The fourth-order valence-corrected chi connectivity index (χ4v) is 2.51. The van der Waals surface area contributed by atoms with Crippen LogP contribution in [-0.2, 0) is 9.59 Å². The van der Waals surface area contributed by atoms with Gasteiger partial charge in [-0.1, -0.05) is 63.5 Å². The molecule has 0 aliphatic carbocycles. The van der Waals surface area contributed by atoms with Gasteiger partial charge in [0.1, 0.15) is 0 Å². The maximum Gasteiger partial charge on any atom is 0.330 e. The molecule has 24 heavy (non-hydrogen) atoms. The molecule has 0 amide bonds. The second kappa shape index (κ2) is 15.0. The Morgan fingerprint density at radius 3 is 1.08 bits per heavy atom. The molecule has 0 saturated heterocycles. The topological polar surface area (TPSA) is 74.6 Å². The van der Waals surface area contributed by atoms with E-state index in [0.717, 1.165) is 25.7 Å². The summed E-state index contributed by atoms with van der Waals surface area (Å²) in [6.45, 7) is 3.29. The quantitative estimate of drug-likeness (QED) is 0.295. The molecule has 0 saturated carbocycles. The number of allylic oxidation sites excluding steroid dienone is 2. The Kier molecular flexibility index (Phi) is 14.0. The fourth-order valence-electron chi connectivity index (χ4n) is 2.51. The largest absolute Gasteiger partial charge is 0.478 e. The fraction of sp³-hybridized carbons (Fsp3) is 0.700. The maximum atomic E-state index is 10.6. The molecule has 0 atom stereocenters. The van der Waals surface area contributed by atoms with Crippen LogP contribution in [0.3, 0.4) is 0 Å². The van der Waals surface area contributed by atoms with E-state index in [1.807, 2.05) is 12.2 Å². The van der Waals surface area contributed by atoms with Crippen molar-refractivity contribution in [2.24, 2.45) is 0 Å². The molecule has 138 valence electrons. The van der Waals surface area contributed by atoms with E-state index in [9.17, 15) is 9.59 Å². The van der Waals surface area contributed by atoms with Crippen LogP contribution in [0, 0.1) is 0 Å². The highest BCUT2D eigenvalue weighted by atomic mass is 16.4. The summed E-state index contributed by atoms with van der Waals surface area (Å²) in [5.74, 6) is -1.63. The molecule has 0 radical (unpaired) electrons. The predicted molar refractivity (Wildman–Crippen MR) is 98.2 cm³/mol. The van der Waals surface area contributed by atoms with E-state index in [4.69, 9.17) is 10.2 Å². The molecule has 0 aromatic rings. The first-order valence-corrected chi connectivity index (χ1v) is 9.25. The molecule has 0 spiro atoms. The lowest BCUT2D eigenvalue weighted by Crippen LogP contribution is -1.95. The van der Waals surface area contributed by atoms with Crippen LogP contribution < -0.4 is 0 Å². The summed E-state index contributed by atoms with van der Waals surface area (Å²) in [5, 5.41) is 17.4. The molecule has 2 N–H and O–H groups in total. The van der Waals surface area contributed by atoms with E-state index in [-0.39, 0.29) is 0 Å². The number of aliphatic carboxylic acids is 2. The Hall–Kier alpha value is -1.58. The van der Waals surface area contributed by atoms with Crippen LogP contribution in [0.15, 0.2) is 23.3 Å².